The highest BCUT2D eigenvalue weighted by Crippen LogP contribution is 2.39. The van der Waals surface area contributed by atoms with Gasteiger partial charge in [-0.3, -0.25) is 0 Å². The molecule has 0 unspecified atom stereocenters. The second kappa shape index (κ2) is 4.94. The Hall–Kier alpha value is -1.61. The molecule has 0 aliphatic carbocycles. The molecule has 0 saturated carbocycles. The van der Waals surface area contributed by atoms with Gasteiger partial charge in [0, 0.05) is 6.08 Å². The van der Waals surface area contributed by atoms with Gasteiger partial charge in [-0.25, -0.2) is 4.79 Å². The van der Waals surface area contributed by atoms with Crippen LogP contribution >= 0.6 is 0 Å². The molecule has 84 valence electrons. The summed E-state index contributed by atoms with van der Waals surface area (Å²) in [6.07, 6.45) is 3.27. The van der Waals surface area contributed by atoms with Gasteiger partial charge in [-0.1, -0.05) is 30.3 Å². The van der Waals surface area contributed by atoms with E-state index in [0.29, 0.717) is 6.61 Å². The van der Waals surface area contributed by atoms with E-state index in [2.05, 4.69) is 0 Å². The third-order valence-electron chi connectivity index (χ3n) is 2.36. The Morgan fingerprint density at radius 1 is 1.44 bits per heavy atom. The quantitative estimate of drug-likeness (QED) is 0.442. The molecule has 3 heteroatoms. The van der Waals surface area contributed by atoms with E-state index in [4.69, 9.17) is 9.47 Å². The molecule has 16 heavy (non-hydrogen) atoms. The Kier molecular flexibility index (Phi) is 3.37. The first-order valence-electron chi connectivity index (χ1n) is 5.36. The van der Waals surface area contributed by atoms with Crippen LogP contribution in [0, 0.1) is 0 Å². The van der Waals surface area contributed by atoms with E-state index in [1.807, 2.05) is 30.3 Å². The highest BCUT2D eigenvalue weighted by atomic mass is 16.6. The molecule has 1 aliphatic rings. The molecule has 1 aromatic carbocycles. The number of rotatable bonds is 4. The van der Waals surface area contributed by atoms with E-state index in [1.165, 1.54) is 6.08 Å². The van der Waals surface area contributed by atoms with Gasteiger partial charge < -0.3 is 9.47 Å². The first-order chi connectivity index (χ1) is 7.81. The van der Waals surface area contributed by atoms with Crippen LogP contribution in [0.25, 0.3) is 0 Å². The maximum atomic E-state index is 11.1. The van der Waals surface area contributed by atoms with Gasteiger partial charge in [-0.05, 0) is 18.6 Å². The van der Waals surface area contributed by atoms with Crippen molar-refractivity contribution in [2.75, 3.05) is 6.61 Å². The summed E-state index contributed by atoms with van der Waals surface area (Å²) < 4.78 is 10.2. The largest absolute Gasteiger partial charge is 0.463 e. The first-order valence-corrected chi connectivity index (χ1v) is 5.36. The lowest BCUT2D eigenvalue weighted by atomic mass is 10.1. The normalized spacial score (nSPS) is 23.3. The van der Waals surface area contributed by atoms with Crippen LogP contribution in [0.2, 0.25) is 0 Å². The Balaban J connectivity index is 1.86. The van der Waals surface area contributed by atoms with E-state index in [0.717, 1.165) is 5.56 Å². The lowest BCUT2D eigenvalue weighted by molar-refractivity contribution is -0.137. The van der Waals surface area contributed by atoms with Crippen molar-refractivity contribution < 1.29 is 14.3 Å². The maximum Gasteiger partial charge on any atom is 0.330 e. The summed E-state index contributed by atoms with van der Waals surface area (Å²) in [6, 6.07) is 9.95. The number of epoxide rings is 1. The average Bonchev–Trinajstić information content (AvgIpc) is 3.07. The van der Waals surface area contributed by atoms with Gasteiger partial charge in [-0.2, -0.15) is 0 Å². The average molecular weight is 218 g/mol. The summed E-state index contributed by atoms with van der Waals surface area (Å²) >= 11 is 0. The van der Waals surface area contributed by atoms with Crippen LogP contribution in [0.5, 0.6) is 0 Å². The van der Waals surface area contributed by atoms with Gasteiger partial charge in [-0.15, -0.1) is 0 Å². The number of carbonyl (C=O) groups excluding carboxylic acids is 1. The molecule has 1 aliphatic heterocycles. The fourth-order valence-corrected chi connectivity index (χ4v) is 1.54. The SMILES string of the molecule is CCOC(=O)/C=C/[C@H]1O[C@@H]1c1ccccc1. The van der Waals surface area contributed by atoms with Gasteiger partial charge in [0.1, 0.15) is 12.2 Å². The fourth-order valence-electron chi connectivity index (χ4n) is 1.54. The summed E-state index contributed by atoms with van der Waals surface area (Å²) in [5.74, 6) is -0.315. The van der Waals surface area contributed by atoms with Crippen LogP contribution in [0.15, 0.2) is 42.5 Å². The molecule has 3 nitrogen and oxygen atoms in total. The number of hydrogen-bond acceptors (Lipinski definition) is 3. The van der Waals surface area contributed by atoms with E-state index in [1.54, 1.807) is 13.0 Å². The third kappa shape index (κ3) is 2.70. The molecule has 0 spiro atoms. The maximum absolute atomic E-state index is 11.1. The number of esters is 1. The molecule has 2 atom stereocenters. The van der Waals surface area contributed by atoms with Crippen molar-refractivity contribution in [1.29, 1.82) is 0 Å². The number of hydrogen-bond donors (Lipinski definition) is 0. The van der Waals surface area contributed by atoms with Gasteiger partial charge in [0.2, 0.25) is 0 Å². The van der Waals surface area contributed by atoms with Gasteiger partial charge in [0.05, 0.1) is 6.61 Å². The summed E-state index contributed by atoms with van der Waals surface area (Å²) in [5.41, 5.74) is 1.14. The van der Waals surface area contributed by atoms with Crippen molar-refractivity contribution in [1.82, 2.24) is 0 Å². The first kappa shape index (κ1) is 10.9. The Labute approximate surface area is 94.7 Å². The number of ether oxygens (including phenoxy) is 2. The molecule has 0 bridgehead atoms. The number of carbonyl (C=O) groups is 1. The van der Waals surface area contributed by atoms with E-state index in [-0.39, 0.29) is 18.2 Å². The van der Waals surface area contributed by atoms with Crippen molar-refractivity contribution in [3.05, 3.63) is 48.0 Å². The fraction of sp³-hybridized carbons (Fsp3) is 0.308. The van der Waals surface area contributed by atoms with Crippen LogP contribution < -0.4 is 0 Å². The molecule has 1 fully saturated rings. The smallest absolute Gasteiger partial charge is 0.330 e. The molecular formula is C13H14O3. The topological polar surface area (TPSA) is 38.8 Å². The second-order valence-corrected chi connectivity index (χ2v) is 3.54. The van der Waals surface area contributed by atoms with Gasteiger partial charge in [0.15, 0.2) is 0 Å². The molecule has 1 saturated heterocycles. The zero-order chi connectivity index (χ0) is 11.4. The van der Waals surface area contributed by atoms with E-state index in [9.17, 15) is 4.79 Å². The highest BCUT2D eigenvalue weighted by Gasteiger charge is 2.37. The third-order valence-corrected chi connectivity index (χ3v) is 2.36. The van der Waals surface area contributed by atoms with Crippen molar-refractivity contribution in [3.8, 4) is 0 Å². The molecule has 1 aromatic rings. The summed E-state index contributed by atoms with van der Waals surface area (Å²) in [6.45, 7) is 2.18. The summed E-state index contributed by atoms with van der Waals surface area (Å²) in [5, 5.41) is 0. The van der Waals surface area contributed by atoms with Crippen LogP contribution in [0.3, 0.4) is 0 Å². The minimum absolute atomic E-state index is 0.00630. The molecule has 0 radical (unpaired) electrons. The van der Waals surface area contributed by atoms with Crippen LogP contribution in [0.1, 0.15) is 18.6 Å². The minimum Gasteiger partial charge on any atom is -0.463 e. The zero-order valence-corrected chi connectivity index (χ0v) is 9.13. The van der Waals surface area contributed by atoms with Crippen LogP contribution in [-0.2, 0) is 14.3 Å². The minimum atomic E-state index is -0.315. The predicted molar refractivity (Wildman–Crippen MR) is 59.8 cm³/mol. The zero-order valence-electron chi connectivity index (χ0n) is 9.13. The van der Waals surface area contributed by atoms with Crippen molar-refractivity contribution in [2.24, 2.45) is 0 Å². The van der Waals surface area contributed by atoms with E-state index >= 15 is 0 Å². The summed E-state index contributed by atoms with van der Waals surface area (Å²) in [4.78, 5) is 11.1. The standard InChI is InChI=1S/C13H14O3/c1-2-15-12(14)9-8-11-13(16-11)10-6-4-3-5-7-10/h3-9,11,13H,2H2,1H3/b9-8+/t11-,13-/m1/s1. The van der Waals surface area contributed by atoms with Crippen molar-refractivity contribution >= 4 is 5.97 Å². The summed E-state index contributed by atoms with van der Waals surface area (Å²) in [7, 11) is 0. The Morgan fingerprint density at radius 2 is 2.19 bits per heavy atom. The predicted octanol–water partition coefficient (Wildman–Crippen LogP) is 2.25. The number of benzene rings is 1. The van der Waals surface area contributed by atoms with Crippen LogP contribution in [0.4, 0.5) is 0 Å². The monoisotopic (exact) mass is 218 g/mol. The molecule has 0 aromatic heterocycles. The second-order valence-electron chi connectivity index (χ2n) is 3.54. The van der Waals surface area contributed by atoms with Gasteiger partial charge in [0.25, 0.3) is 0 Å². The molecule has 0 N–H and O–H groups in total. The van der Waals surface area contributed by atoms with Crippen LogP contribution in [-0.4, -0.2) is 18.7 Å². The van der Waals surface area contributed by atoms with E-state index < -0.39 is 0 Å². The van der Waals surface area contributed by atoms with Gasteiger partial charge >= 0.3 is 5.97 Å². The Bertz CT molecular complexity index is 383. The molecule has 1 heterocycles. The lowest BCUT2D eigenvalue weighted by Crippen LogP contribution is -1.99. The highest BCUT2D eigenvalue weighted by molar-refractivity contribution is 5.82. The Morgan fingerprint density at radius 3 is 2.88 bits per heavy atom. The van der Waals surface area contributed by atoms with Crippen molar-refractivity contribution in [2.45, 2.75) is 19.1 Å². The van der Waals surface area contributed by atoms with Crippen molar-refractivity contribution in [3.63, 3.8) is 0 Å². The molecule has 2 rings (SSSR count). The molecular weight excluding hydrogens is 204 g/mol. The lowest BCUT2D eigenvalue weighted by Gasteiger charge is -1.93. The molecule has 0 amide bonds.